The molecule has 2 amide bonds. The van der Waals surface area contributed by atoms with Crippen molar-refractivity contribution < 1.29 is 14.4 Å². The molecule has 118 valence electrons. The summed E-state index contributed by atoms with van der Waals surface area (Å²) in [6, 6.07) is 5.16. The molecular formula is C17H22N2O3. The topological polar surface area (TPSA) is 66.5 Å². The molecule has 1 aromatic rings. The van der Waals surface area contributed by atoms with Crippen molar-refractivity contribution in [3.05, 3.63) is 34.9 Å². The third-order valence-electron chi connectivity index (χ3n) is 4.10. The molecule has 1 aliphatic rings. The number of carbonyl (C=O) groups excluding carboxylic acids is 3. The highest BCUT2D eigenvalue weighted by Gasteiger charge is 2.36. The van der Waals surface area contributed by atoms with Crippen LogP contribution in [-0.4, -0.2) is 36.1 Å². The molecule has 0 aliphatic carbocycles. The molecule has 1 aliphatic heterocycles. The van der Waals surface area contributed by atoms with Crippen LogP contribution < -0.4 is 5.32 Å². The second-order valence-electron chi connectivity index (χ2n) is 5.50. The van der Waals surface area contributed by atoms with Crippen molar-refractivity contribution in [2.45, 2.75) is 45.2 Å². The minimum Gasteiger partial charge on any atom is -0.357 e. The predicted octanol–water partition coefficient (Wildman–Crippen LogP) is 1.69. The van der Waals surface area contributed by atoms with Gasteiger partial charge in [-0.25, -0.2) is 0 Å². The Morgan fingerprint density at radius 3 is 2.86 bits per heavy atom. The lowest BCUT2D eigenvalue weighted by molar-refractivity contribution is -0.125. The number of aldehydes is 1. The van der Waals surface area contributed by atoms with E-state index in [1.165, 1.54) is 5.56 Å². The molecule has 0 spiro atoms. The summed E-state index contributed by atoms with van der Waals surface area (Å²) >= 11 is 0. The molecule has 1 unspecified atom stereocenters. The van der Waals surface area contributed by atoms with Crippen LogP contribution in [0, 0.1) is 0 Å². The molecule has 0 bridgehead atoms. The van der Waals surface area contributed by atoms with E-state index in [9.17, 15) is 14.4 Å². The highest BCUT2D eigenvalue weighted by molar-refractivity contribution is 6.01. The zero-order chi connectivity index (χ0) is 16.1. The maximum atomic E-state index is 12.6. The summed E-state index contributed by atoms with van der Waals surface area (Å²) in [6.45, 7) is 2.55. The third-order valence-corrected chi connectivity index (χ3v) is 4.10. The van der Waals surface area contributed by atoms with Crippen LogP contribution in [0.15, 0.2) is 18.2 Å². The molecule has 0 saturated carbocycles. The van der Waals surface area contributed by atoms with E-state index in [0.717, 1.165) is 24.7 Å². The first kappa shape index (κ1) is 16.2. The number of nitrogens with zero attached hydrogens (tertiary/aromatic N) is 1. The van der Waals surface area contributed by atoms with Gasteiger partial charge in [0.15, 0.2) is 0 Å². The lowest BCUT2D eigenvalue weighted by atomic mass is 10.00. The Bertz CT molecular complexity index is 583. The number of hydrogen-bond donors (Lipinski definition) is 1. The van der Waals surface area contributed by atoms with E-state index in [1.807, 2.05) is 18.2 Å². The standard InChI is InChI=1S/C17H22N2O3/c1-3-6-12-7-4-8-13-14(12)11-19(17(13)22)15(9-5-10-20)16(21)18-2/h4,7-8,10,15H,3,5-6,9,11H2,1-2H3,(H,18,21). The molecule has 0 fully saturated rings. The Hall–Kier alpha value is -2.17. The number of rotatable bonds is 7. The number of nitrogens with one attached hydrogen (secondary N) is 1. The van der Waals surface area contributed by atoms with Crippen LogP contribution in [0.4, 0.5) is 0 Å². The lowest BCUT2D eigenvalue weighted by Gasteiger charge is -2.25. The van der Waals surface area contributed by atoms with Crippen molar-refractivity contribution in [1.29, 1.82) is 0 Å². The van der Waals surface area contributed by atoms with E-state index >= 15 is 0 Å². The molecule has 1 heterocycles. The molecule has 0 saturated heterocycles. The van der Waals surface area contributed by atoms with Crippen molar-refractivity contribution in [3.8, 4) is 0 Å². The Labute approximate surface area is 130 Å². The van der Waals surface area contributed by atoms with E-state index in [-0.39, 0.29) is 18.2 Å². The first-order chi connectivity index (χ1) is 10.6. The van der Waals surface area contributed by atoms with Gasteiger partial charge >= 0.3 is 0 Å². The molecule has 5 nitrogen and oxygen atoms in total. The highest BCUT2D eigenvalue weighted by atomic mass is 16.2. The van der Waals surface area contributed by atoms with Gasteiger partial charge in [0.05, 0.1) is 0 Å². The molecule has 1 N–H and O–H groups in total. The first-order valence-electron chi connectivity index (χ1n) is 7.71. The quantitative estimate of drug-likeness (QED) is 0.779. The van der Waals surface area contributed by atoms with Crippen LogP contribution in [0.1, 0.15) is 47.7 Å². The number of amides is 2. The zero-order valence-electron chi connectivity index (χ0n) is 13.1. The van der Waals surface area contributed by atoms with Gasteiger partial charge in [-0.15, -0.1) is 0 Å². The largest absolute Gasteiger partial charge is 0.357 e. The number of aryl methyl sites for hydroxylation is 1. The first-order valence-corrected chi connectivity index (χ1v) is 7.71. The number of hydrogen-bond acceptors (Lipinski definition) is 3. The Morgan fingerprint density at radius 2 is 2.23 bits per heavy atom. The molecule has 0 aromatic heterocycles. The van der Waals surface area contributed by atoms with Crippen molar-refractivity contribution in [1.82, 2.24) is 10.2 Å². The maximum absolute atomic E-state index is 12.6. The fourth-order valence-corrected chi connectivity index (χ4v) is 2.99. The number of likely N-dealkylation sites (N-methyl/N-ethyl adjacent to an activating group) is 1. The van der Waals surface area contributed by atoms with Crippen LogP contribution in [0.5, 0.6) is 0 Å². The van der Waals surface area contributed by atoms with Crippen LogP contribution in [0.2, 0.25) is 0 Å². The van der Waals surface area contributed by atoms with Gasteiger partial charge < -0.3 is 15.0 Å². The van der Waals surface area contributed by atoms with E-state index in [1.54, 1.807) is 11.9 Å². The molecule has 5 heteroatoms. The van der Waals surface area contributed by atoms with Gasteiger partial charge in [-0.3, -0.25) is 9.59 Å². The second-order valence-corrected chi connectivity index (χ2v) is 5.50. The van der Waals surface area contributed by atoms with Gasteiger partial charge in [0.25, 0.3) is 5.91 Å². The summed E-state index contributed by atoms with van der Waals surface area (Å²) in [7, 11) is 1.55. The van der Waals surface area contributed by atoms with Gasteiger partial charge in [0.1, 0.15) is 12.3 Å². The zero-order valence-corrected chi connectivity index (χ0v) is 13.1. The number of benzene rings is 1. The molecule has 2 rings (SSSR count). The Balaban J connectivity index is 2.30. The van der Waals surface area contributed by atoms with E-state index in [2.05, 4.69) is 12.2 Å². The molecule has 1 aromatic carbocycles. The number of carbonyl (C=O) groups is 3. The average Bonchev–Trinajstić information content (AvgIpc) is 2.86. The molecule has 22 heavy (non-hydrogen) atoms. The summed E-state index contributed by atoms with van der Waals surface area (Å²) in [4.78, 5) is 37.0. The lowest BCUT2D eigenvalue weighted by Crippen LogP contribution is -2.46. The smallest absolute Gasteiger partial charge is 0.255 e. The van der Waals surface area contributed by atoms with Crippen molar-refractivity contribution in [3.63, 3.8) is 0 Å². The Kier molecular flexibility index (Phi) is 5.31. The van der Waals surface area contributed by atoms with E-state index in [0.29, 0.717) is 18.5 Å². The SMILES string of the molecule is CCCc1cccc2c1CN(C(CCC=O)C(=O)NC)C2=O. The summed E-state index contributed by atoms with van der Waals surface area (Å²) in [5.74, 6) is -0.340. The summed E-state index contributed by atoms with van der Waals surface area (Å²) in [5.41, 5.74) is 2.88. The average molecular weight is 302 g/mol. The van der Waals surface area contributed by atoms with Crippen molar-refractivity contribution in [2.24, 2.45) is 0 Å². The highest BCUT2D eigenvalue weighted by Crippen LogP contribution is 2.29. The molecule has 1 atom stereocenters. The number of fused-ring (bicyclic) bond motifs is 1. The predicted molar refractivity (Wildman–Crippen MR) is 83.5 cm³/mol. The van der Waals surface area contributed by atoms with E-state index in [4.69, 9.17) is 0 Å². The van der Waals surface area contributed by atoms with Gasteiger partial charge in [-0.1, -0.05) is 25.5 Å². The summed E-state index contributed by atoms with van der Waals surface area (Å²) in [5, 5.41) is 2.59. The van der Waals surface area contributed by atoms with E-state index < -0.39 is 6.04 Å². The van der Waals surface area contributed by atoms with Crippen LogP contribution >= 0.6 is 0 Å². The molecule has 0 radical (unpaired) electrons. The van der Waals surface area contributed by atoms with Crippen molar-refractivity contribution >= 4 is 18.1 Å². The minimum absolute atomic E-state index is 0.118. The van der Waals surface area contributed by atoms with Crippen LogP contribution in [0.3, 0.4) is 0 Å². The normalized spacial score (nSPS) is 14.6. The summed E-state index contributed by atoms with van der Waals surface area (Å²) < 4.78 is 0. The van der Waals surface area contributed by atoms with Gasteiger partial charge in [-0.2, -0.15) is 0 Å². The third kappa shape index (κ3) is 3.03. The van der Waals surface area contributed by atoms with Gasteiger partial charge in [-0.05, 0) is 30.0 Å². The van der Waals surface area contributed by atoms with Crippen LogP contribution in [0.25, 0.3) is 0 Å². The van der Waals surface area contributed by atoms with Gasteiger partial charge in [0, 0.05) is 25.6 Å². The van der Waals surface area contributed by atoms with Crippen LogP contribution in [-0.2, 0) is 22.6 Å². The fraction of sp³-hybridized carbons (Fsp3) is 0.471. The minimum atomic E-state index is -0.593. The fourth-order valence-electron chi connectivity index (χ4n) is 2.99. The van der Waals surface area contributed by atoms with Crippen molar-refractivity contribution in [2.75, 3.05) is 7.05 Å². The van der Waals surface area contributed by atoms with Gasteiger partial charge in [0.2, 0.25) is 5.91 Å². The Morgan fingerprint density at radius 1 is 1.45 bits per heavy atom. The molecular weight excluding hydrogens is 280 g/mol. The second kappa shape index (κ2) is 7.20. The monoisotopic (exact) mass is 302 g/mol. The summed E-state index contributed by atoms with van der Waals surface area (Å²) in [6.07, 6.45) is 3.33. The maximum Gasteiger partial charge on any atom is 0.255 e.